The number of aldehydes is 1. The Bertz CT molecular complexity index is 693. The summed E-state index contributed by atoms with van der Waals surface area (Å²) in [5.41, 5.74) is 1.58. The van der Waals surface area contributed by atoms with Gasteiger partial charge in [0.1, 0.15) is 6.29 Å². The summed E-state index contributed by atoms with van der Waals surface area (Å²) in [7, 11) is 0. The van der Waals surface area contributed by atoms with Crippen LogP contribution in [0.5, 0.6) is 5.75 Å². The van der Waals surface area contributed by atoms with Crippen LogP contribution in [-0.4, -0.2) is 16.3 Å². The van der Waals surface area contributed by atoms with Crippen LogP contribution in [0.15, 0.2) is 48.5 Å². The lowest BCUT2D eigenvalue weighted by Crippen LogP contribution is -1.95. The van der Waals surface area contributed by atoms with E-state index in [0.717, 1.165) is 5.56 Å². The Kier molecular flexibility index (Phi) is 4.46. The van der Waals surface area contributed by atoms with Crippen LogP contribution < -0.4 is 0 Å². The highest BCUT2D eigenvalue weighted by atomic mass is 16.6. The zero-order chi connectivity index (χ0) is 15.2. The van der Waals surface area contributed by atoms with E-state index in [2.05, 4.69) is 0 Å². The number of carbonyl (C=O) groups excluding carboxylic acids is 1. The summed E-state index contributed by atoms with van der Waals surface area (Å²) in [4.78, 5) is 20.7. The zero-order valence-corrected chi connectivity index (χ0v) is 11.1. The average molecular weight is 283 g/mol. The smallest absolute Gasteiger partial charge is 0.311 e. The van der Waals surface area contributed by atoms with Gasteiger partial charge in [0, 0.05) is 11.6 Å². The molecule has 0 aliphatic carbocycles. The number of benzene rings is 2. The van der Waals surface area contributed by atoms with E-state index >= 15 is 0 Å². The van der Waals surface area contributed by atoms with E-state index in [1.54, 1.807) is 6.07 Å². The maximum Gasteiger partial charge on any atom is 0.311 e. The first-order chi connectivity index (χ1) is 10.1. The van der Waals surface area contributed by atoms with Crippen LogP contribution in [0, 0.1) is 10.1 Å². The molecule has 0 fully saturated rings. The van der Waals surface area contributed by atoms with Gasteiger partial charge in [0.05, 0.1) is 4.92 Å². The van der Waals surface area contributed by atoms with Crippen LogP contribution in [0.3, 0.4) is 0 Å². The molecule has 21 heavy (non-hydrogen) atoms. The zero-order valence-electron chi connectivity index (χ0n) is 11.1. The molecular formula is C16H13NO4. The van der Waals surface area contributed by atoms with E-state index < -0.39 is 10.7 Å². The molecule has 0 aliphatic heterocycles. The second kappa shape index (κ2) is 6.47. The van der Waals surface area contributed by atoms with Gasteiger partial charge in [-0.25, -0.2) is 0 Å². The minimum atomic E-state index is -0.637. The number of hydrogen-bond acceptors (Lipinski definition) is 4. The molecule has 2 aromatic rings. The van der Waals surface area contributed by atoms with E-state index in [-0.39, 0.29) is 11.3 Å². The van der Waals surface area contributed by atoms with Crippen molar-refractivity contribution in [2.75, 3.05) is 0 Å². The fourth-order valence-corrected chi connectivity index (χ4v) is 2.04. The van der Waals surface area contributed by atoms with Crippen LogP contribution in [0.2, 0.25) is 0 Å². The van der Waals surface area contributed by atoms with Gasteiger partial charge in [0.15, 0.2) is 0 Å². The number of nitrogens with zero attached hydrogens (tertiary/aromatic N) is 1. The standard InChI is InChI=1S/C16H13NO4/c18-8-4-7-14-10-13(9-12-5-2-1-3-6-12)11-15(16(14)19)17(20)21/h1-8,10-11,19H,9H2. The number of hydrogen-bond donors (Lipinski definition) is 1. The van der Waals surface area contributed by atoms with Crippen molar-refractivity contribution in [1.82, 2.24) is 0 Å². The number of carbonyl (C=O) groups is 1. The molecule has 0 heterocycles. The second-order valence-electron chi connectivity index (χ2n) is 4.47. The molecule has 1 N–H and O–H groups in total. The Hall–Kier alpha value is -2.95. The summed E-state index contributed by atoms with van der Waals surface area (Å²) in [6.45, 7) is 0. The van der Waals surface area contributed by atoms with Crippen molar-refractivity contribution in [2.45, 2.75) is 6.42 Å². The first-order valence-electron chi connectivity index (χ1n) is 6.28. The SMILES string of the molecule is O=CC=Cc1cc(Cc2ccccc2)cc([N+](=O)[O-])c1O. The summed E-state index contributed by atoms with van der Waals surface area (Å²) in [5, 5.41) is 20.9. The topological polar surface area (TPSA) is 80.4 Å². The van der Waals surface area contributed by atoms with Crippen molar-refractivity contribution in [3.8, 4) is 5.75 Å². The highest BCUT2D eigenvalue weighted by Gasteiger charge is 2.17. The van der Waals surface area contributed by atoms with Crippen molar-refractivity contribution >= 4 is 18.0 Å². The number of nitro benzene ring substituents is 1. The Morgan fingerprint density at radius 3 is 2.48 bits per heavy atom. The van der Waals surface area contributed by atoms with Gasteiger partial charge < -0.3 is 5.11 Å². The van der Waals surface area contributed by atoms with Gasteiger partial charge in [-0.15, -0.1) is 0 Å². The van der Waals surface area contributed by atoms with E-state index in [4.69, 9.17) is 0 Å². The molecule has 0 saturated heterocycles. The van der Waals surface area contributed by atoms with Crippen molar-refractivity contribution in [1.29, 1.82) is 0 Å². The summed E-state index contributed by atoms with van der Waals surface area (Å²) < 4.78 is 0. The second-order valence-corrected chi connectivity index (χ2v) is 4.47. The van der Waals surface area contributed by atoms with Gasteiger partial charge in [-0.1, -0.05) is 30.3 Å². The Labute approximate surface area is 121 Å². The number of allylic oxidation sites excluding steroid dienone is 1. The number of phenols is 1. The highest BCUT2D eigenvalue weighted by molar-refractivity contribution is 5.77. The number of nitro groups is 1. The fourth-order valence-electron chi connectivity index (χ4n) is 2.04. The lowest BCUT2D eigenvalue weighted by atomic mass is 10.0. The molecule has 0 aromatic heterocycles. The van der Waals surface area contributed by atoms with E-state index in [0.29, 0.717) is 18.3 Å². The van der Waals surface area contributed by atoms with Gasteiger partial charge in [-0.3, -0.25) is 14.9 Å². The maximum absolute atomic E-state index is 11.0. The molecule has 0 unspecified atom stereocenters. The van der Waals surface area contributed by atoms with Crippen LogP contribution in [0.1, 0.15) is 16.7 Å². The van der Waals surface area contributed by atoms with Crippen LogP contribution in [0.4, 0.5) is 5.69 Å². The lowest BCUT2D eigenvalue weighted by Gasteiger charge is -2.06. The predicted molar refractivity (Wildman–Crippen MR) is 79.1 cm³/mol. The number of phenolic OH excluding ortho intramolecular Hbond substituents is 1. The highest BCUT2D eigenvalue weighted by Crippen LogP contribution is 2.32. The lowest BCUT2D eigenvalue weighted by molar-refractivity contribution is -0.385. The van der Waals surface area contributed by atoms with Gasteiger partial charge in [-0.05, 0) is 35.8 Å². The Morgan fingerprint density at radius 2 is 1.86 bits per heavy atom. The summed E-state index contributed by atoms with van der Waals surface area (Å²) in [6, 6.07) is 12.5. The molecule has 0 saturated carbocycles. The normalized spacial score (nSPS) is 10.7. The molecule has 0 spiro atoms. The van der Waals surface area contributed by atoms with E-state index in [1.807, 2.05) is 30.3 Å². The molecule has 106 valence electrons. The van der Waals surface area contributed by atoms with Gasteiger partial charge >= 0.3 is 5.69 Å². The Balaban J connectivity index is 2.46. The van der Waals surface area contributed by atoms with Crippen molar-refractivity contribution < 1.29 is 14.8 Å². The van der Waals surface area contributed by atoms with Crippen molar-refractivity contribution in [3.63, 3.8) is 0 Å². The molecule has 5 nitrogen and oxygen atoms in total. The monoisotopic (exact) mass is 283 g/mol. The minimum absolute atomic E-state index is 0.252. The van der Waals surface area contributed by atoms with Crippen molar-refractivity contribution in [2.24, 2.45) is 0 Å². The minimum Gasteiger partial charge on any atom is -0.502 e. The van der Waals surface area contributed by atoms with Gasteiger partial charge in [-0.2, -0.15) is 0 Å². The fraction of sp³-hybridized carbons (Fsp3) is 0.0625. The maximum atomic E-state index is 11.0. The van der Waals surface area contributed by atoms with Crippen LogP contribution in [-0.2, 0) is 11.2 Å². The molecular weight excluding hydrogens is 270 g/mol. The Morgan fingerprint density at radius 1 is 1.14 bits per heavy atom. The molecule has 2 aromatic carbocycles. The van der Waals surface area contributed by atoms with Crippen LogP contribution >= 0.6 is 0 Å². The van der Waals surface area contributed by atoms with Crippen molar-refractivity contribution in [3.05, 3.63) is 75.3 Å². The molecule has 0 atom stereocenters. The third-order valence-electron chi connectivity index (χ3n) is 2.98. The third kappa shape index (κ3) is 3.54. The predicted octanol–water partition coefficient (Wildman–Crippen LogP) is 3.10. The molecule has 0 aliphatic rings. The molecule has 0 radical (unpaired) electrons. The van der Waals surface area contributed by atoms with E-state index in [1.165, 1.54) is 18.2 Å². The summed E-state index contributed by atoms with van der Waals surface area (Å²) in [5.74, 6) is -0.435. The number of rotatable bonds is 5. The first kappa shape index (κ1) is 14.5. The van der Waals surface area contributed by atoms with Gasteiger partial charge in [0.2, 0.25) is 5.75 Å². The number of aromatic hydroxyl groups is 1. The third-order valence-corrected chi connectivity index (χ3v) is 2.98. The molecule has 2 rings (SSSR count). The van der Waals surface area contributed by atoms with Gasteiger partial charge in [0.25, 0.3) is 0 Å². The molecule has 5 heteroatoms. The summed E-state index contributed by atoms with van der Waals surface area (Å²) in [6.07, 6.45) is 3.59. The summed E-state index contributed by atoms with van der Waals surface area (Å²) >= 11 is 0. The molecule has 0 amide bonds. The van der Waals surface area contributed by atoms with E-state index in [9.17, 15) is 20.0 Å². The molecule has 0 bridgehead atoms. The largest absolute Gasteiger partial charge is 0.502 e. The average Bonchev–Trinajstić information content (AvgIpc) is 2.48. The first-order valence-corrected chi connectivity index (χ1v) is 6.28. The quantitative estimate of drug-likeness (QED) is 0.395. The van der Waals surface area contributed by atoms with Crippen LogP contribution in [0.25, 0.3) is 6.08 Å².